The van der Waals surface area contributed by atoms with Gasteiger partial charge in [-0.05, 0) is 49.9 Å². The van der Waals surface area contributed by atoms with Crippen LogP contribution in [0.15, 0.2) is 24.3 Å². The van der Waals surface area contributed by atoms with Crippen LogP contribution in [0.3, 0.4) is 0 Å². The SMILES string of the molecule is CC(C1CC1)N(C)C(=O)c1cc2cc(N)ccc2[nH]1. The van der Waals surface area contributed by atoms with Crippen molar-refractivity contribution in [2.45, 2.75) is 25.8 Å². The van der Waals surface area contributed by atoms with E-state index in [0.29, 0.717) is 23.3 Å². The Morgan fingerprint density at radius 1 is 1.42 bits per heavy atom. The first kappa shape index (κ1) is 12.1. The molecule has 0 saturated heterocycles. The summed E-state index contributed by atoms with van der Waals surface area (Å²) < 4.78 is 0. The van der Waals surface area contributed by atoms with Crippen LogP contribution in [0.1, 0.15) is 30.3 Å². The number of nitrogens with zero attached hydrogens (tertiary/aromatic N) is 1. The topological polar surface area (TPSA) is 62.1 Å². The maximum atomic E-state index is 12.4. The molecule has 1 atom stereocenters. The molecule has 100 valence electrons. The monoisotopic (exact) mass is 257 g/mol. The van der Waals surface area contributed by atoms with Crippen molar-refractivity contribution >= 4 is 22.5 Å². The van der Waals surface area contributed by atoms with Crippen LogP contribution in [0.2, 0.25) is 0 Å². The second kappa shape index (κ2) is 4.30. The highest BCUT2D eigenvalue weighted by molar-refractivity contribution is 5.98. The van der Waals surface area contributed by atoms with Gasteiger partial charge in [-0.1, -0.05) is 0 Å². The third-order valence-electron chi connectivity index (χ3n) is 4.11. The molecular weight excluding hydrogens is 238 g/mol. The molecule has 2 aromatic rings. The van der Waals surface area contributed by atoms with Gasteiger partial charge in [-0.2, -0.15) is 0 Å². The van der Waals surface area contributed by atoms with Crippen molar-refractivity contribution in [1.82, 2.24) is 9.88 Å². The Hall–Kier alpha value is -1.97. The van der Waals surface area contributed by atoms with Crippen molar-refractivity contribution in [3.05, 3.63) is 30.0 Å². The van der Waals surface area contributed by atoms with Crippen LogP contribution in [0, 0.1) is 5.92 Å². The van der Waals surface area contributed by atoms with Gasteiger partial charge in [0, 0.05) is 29.7 Å². The maximum absolute atomic E-state index is 12.4. The predicted molar refractivity (Wildman–Crippen MR) is 77.0 cm³/mol. The molecule has 19 heavy (non-hydrogen) atoms. The molecule has 0 spiro atoms. The molecule has 1 aliphatic carbocycles. The Morgan fingerprint density at radius 2 is 2.16 bits per heavy atom. The van der Waals surface area contributed by atoms with Crippen LogP contribution in [-0.4, -0.2) is 28.9 Å². The quantitative estimate of drug-likeness (QED) is 0.830. The largest absolute Gasteiger partial charge is 0.399 e. The molecule has 1 aromatic heterocycles. The van der Waals surface area contributed by atoms with Gasteiger partial charge in [0.05, 0.1) is 0 Å². The molecular formula is C15H19N3O. The lowest BCUT2D eigenvalue weighted by atomic mass is 10.2. The molecule has 1 saturated carbocycles. The summed E-state index contributed by atoms with van der Waals surface area (Å²) in [5.74, 6) is 0.725. The van der Waals surface area contributed by atoms with Crippen LogP contribution in [0.5, 0.6) is 0 Å². The number of carbonyl (C=O) groups excluding carboxylic acids is 1. The van der Waals surface area contributed by atoms with Crippen molar-refractivity contribution in [1.29, 1.82) is 0 Å². The molecule has 0 radical (unpaired) electrons. The predicted octanol–water partition coefficient (Wildman–Crippen LogP) is 2.62. The summed E-state index contributed by atoms with van der Waals surface area (Å²) >= 11 is 0. The van der Waals surface area contributed by atoms with Gasteiger partial charge in [0.15, 0.2) is 0 Å². The number of fused-ring (bicyclic) bond motifs is 1. The highest BCUT2D eigenvalue weighted by Gasteiger charge is 2.33. The standard InChI is InChI=1S/C15H19N3O/c1-9(10-3-4-10)18(2)15(19)14-8-11-7-12(16)5-6-13(11)17-14/h5-10,17H,3-4,16H2,1-2H3. The minimum absolute atomic E-state index is 0.0502. The van der Waals surface area contributed by atoms with Crippen LogP contribution >= 0.6 is 0 Å². The molecule has 0 bridgehead atoms. The first-order valence-electron chi connectivity index (χ1n) is 6.71. The molecule has 1 heterocycles. The minimum atomic E-state index is 0.0502. The summed E-state index contributed by atoms with van der Waals surface area (Å²) in [6, 6.07) is 7.82. The van der Waals surface area contributed by atoms with Gasteiger partial charge in [0.25, 0.3) is 5.91 Å². The van der Waals surface area contributed by atoms with Crippen molar-refractivity contribution in [3.63, 3.8) is 0 Å². The van der Waals surface area contributed by atoms with Crippen molar-refractivity contribution in [2.24, 2.45) is 5.92 Å². The Bertz CT molecular complexity index is 627. The first-order valence-corrected chi connectivity index (χ1v) is 6.71. The number of aromatic amines is 1. The number of hydrogen-bond donors (Lipinski definition) is 2. The smallest absolute Gasteiger partial charge is 0.270 e. The van der Waals surface area contributed by atoms with Crippen LogP contribution in [0.25, 0.3) is 10.9 Å². The number of anilines is 1. The summed E-state index contributed by atoms with van der Waals surface area (Å²) in [6.45, 7) is 2.12. The van der Waals surface area contributed by atoms with Gasteiger partial charge in [-0.15, -0.1) is 0 Å². The van der Waals surface area contributed by atoms with Gasteiger partial charge in [-0.3, -0.25) is 4.79 Å². The van der Waals surface area contributed by atoms with Crippen LogP contribution < -0.4 is 5.73 Å². The lowest BCUT2D eigenvalue weighted by molar-refractivity contribution is 0.0722. The summed E-state index contributed by atoms with van der Waals surface area (Å²) in [4.78, 5) is 17.4. The molecule has 1 aromatic carbocycles. The highest BCUT2D eigenvalue weighted by Crippen LogP contribution is 2.35. The van der Waals surface area contributed by atoms with E-state index in [1.54, 1.807) is 0 Å². The molecule has 1 aliphatic rings. The van der Waals surface area contributed by atoms with Gasteiger partial charge >= 0.3 is 0 Å². The molecule has 1 fully saturated rings. The summed E-state index contributed by atoms with van der Waals surface area (Å²) in [7, 11) is 1.88. The van der Waals surface area contributed by atoms with Gasteiger partial charge < -0.3 is 15.6 Å². The number of carbonyl (C=O) groups is 1. The van der Waals surface area contributed by atoms with E-state index < -0.39 is 0 Å². The third-order valence-corrected chi connectivity index (χ3v) is 4.11. The van der Waals surface area contributed by atoms with E-state index in [4.69, 9.17) is 5.73 Å². The van der Waals surface area contributed by atoms with Crippen LogP contribution in [0.4, 0.5) is 5.69 Å². The van der Waals surface area contributed by atoms with E-state index >= 15 is 0 Å². The zero-order valence-corrected chi connectivity index (χ0v) is 11.3. The average Bonchev–Trinajstić information content (AvgIpc) is 3.16. The second-order valence-corrected chi connectivity index (χ2v) is 5.52. The zero-order valence-electron chi connectivity index (χ0n) is 11.3. The number of benzene rings is 1. The summed E-state index contributed by atoms with van der Waals surface area (Å²) in [5.41, 5.74) is 8.05. The van der Waals surface area contributed by atoms with Gasteiger partial charge in [0.1, 0.15) is 5.69 Å². The first-order chi connectivity index (χ1) is 9.06. The highest BCUT2D eigenvalue weighted by atomic mass is 16.2. The average molecular weight is 257 g/mol. The van der Waals surface area contributed by atoms with Gasteiger partial charge in [0.2, 0.25) is 0 Å². The number of amides is 1. The number of aromatic nitrogens is 1. The lowest BCUT2D eigenvalue weighted by Crippen LogP contribution is -2.36. The van der Waals surface area contributed by atoms with Gasteiger partial charge in [-0.25, -0.2) is 0 Å². The number of nitrogens with one attached hydrogen (secondary N) is 1. The van der Waals surface area contributed by atoms with Crippen molar-refractivity contribution in [2.75, 3.05) is 12.8 Å². The fraction of sp³-hybridized carbons (Fsp3) is 0.400. The Kier molecular flexibility index (Phi) is 2.73. The van der Waals surface area contributed by atoms with E-state index in [1.807, 2.05) is 36.2 Å². The van der Waals surface area contributed by atoms with Crippen molar-refractivity contribution < 1.29 is 4.79 Å². The lowest BCUT2D eigenvalue weighted by Gasteiger charge is -2.24. The van der Waals surface area contributed by atoms with Crippen molar-refractivity contribution in [3.8, 4) is 0 Å². The Labute approximate surface area is 112 Å². The molecule has 1 amide bonds. The van der Waals surface area contributed by atoms with E-state index in [-0.39, 0.29) is 5.91 Å². The number of H-pyrrole nitrogens is 1. The molecule has 0 aliphatic heterocycles. The number of nitrogens with two attached hydrogens (primary N) is 1. The fourth-order valence-electron chi connectivity index (χ4n) is 2.54. The molecule has 3 N–H and O–H groups in total. The van der Waals surface area contributed by atoms with Crippen LogP contribution in [-0.2, 0) is 0 Å². The Morgan fingerprint density at radius 3 is 2.84 bits per heavy atom. The molecule has 1 unspecified atom stereocenters. The molecule has 4 nitrogen and oxygen atoms in total. The normalized spacial score (nSPS) is 16.5. The zero-order chi connectivity index (χ0) is 13.6. The fourth-order valence-corrected chi connectivity index (χ4v) is 2.54. The van der Waals surface area contributed by atoms with E-state index in [0.717, 1.165) is 10.9 Å². The maximum Gasteiger partial charge on any atom is 0.270 e. The Balaban J connectivity index is 1.88. The molecule has 4 heteroatoms. The third kappa shape index (κ3) is 2.18. The number of nitrogen functional groups attached to an aromatic ring is 1. The molecule has 3 rings (SSSR count). The van der Waals surface area contributed by atoms with E-state index in [2.05, 4.69) is 11.9 Å². The number of hydrogen-bond acceptors (Lipinski definition) is 2. The van der Waals surface area contributed by atoms with E-state index in [1.165, 1.54) is 12.8 Å². The van der Waals surface area contributed by atoms with E-state index in [9.17, 15) is 4.79 Å². The minimum Gasteiger partial charge on any atom is -0.399 e. The second-order valence-electron chi connectivity index (χ2n) is 5.52. The summed E-state index contributed by atoms with van der Waals surface area (Å²) in [6.07, 6.45) is 2.48. The number of rotatable bonds is 3. The summed E-state index contributed by atoms with van der Waals surface area (Å²) in [5, 5.41) is 0.982.